The molecule has 0 saturated carbocycles. The zero-order valence-corrected chi connectivity index (χ0v) is 14.9. The van der Waals surface area contributed by atoms with Crippen LogP contribution in [0.1, 0.15) is 45.9 Å². The molecule has 0 aromatic heterocycles. The Kier molecular flexibility index (Phi) is 4.37. The number of fused-ring (bicyclic) bond motifs is 1. The van der Waals surface area contributed by atoms with E-state index in [0.29, 0.717) is 18.7 Å². The minimum Gasteiger partial charge on any atom is -0.345 e. The summed E-state index contributed by atoms with van der Waals surface area (Å²) in [5.41, 5.74) is 4.92. The molecule has 26 heavy (non-hydrogen) atoms. The van der Waals surface area contributed by atoms with Gasteiger partial charge in [0.05, 0.1) is 6.04 Å². The Balaban J connectivity index is 1.57. The van der Waals surface area contributed by atoms with Crippen LogP contribution in [0, 0.1) is 6.92 Å². The summed E-state index contributed by atoms with van der Waals surface area (Å²) in [7, 11) is 0. The number of urea groups is 1. The molecule has 134 valence electrons. The van der Waals surface area contributed by atoms with Crippen LogP contribution in [-0.4, -0.2) is 25.0 Å². The van der Waals surface area contributed by atoms with Crippen molar-refractivity contribution in [3.05, 3.63) is 64.7 Å². The van der Waals surface area contributed by atoms with Crippen molar-refractivity contribution in [3.8, 4) is 0 Å². The number of hydrogen-bond acceptors (Lipinski definition) is 2. The molecule has 5 heteroatoms. The highest BCUT2D eigenvalue weighted by Gasteiger charge is 2.25. The van der Waals surface area contributed by atoms with Gasteiger partial charge in [0.15, 0.2) is 0 Å². The van der Waals surface area contributed by atoms with Crippen LogP contribution in [0.2, 0.25) is 0 Å². The van der Waals surface area contributed by atoms with Crippen LogP contribution < -0.4 is 15.5 Å². The number of carbonyl (C=O) groups is 2. The smallest absolute Gasteiger partial charge is 0.322 e. The van der Waals surface area contributed by atoms with Gasteiger partial charge in [-0.1, -0.05) is 30.3 Å². The predicted octanol–water partition coefficient (Wildman–Crippen LogP) is 3.33. The van der Waals surface area contributed by atoms with Gasteiger partial charge < -0.3 is 10.6 Å². The van der Waals surface area contributed by atoms with Crippen molar-refractivity contribution in [3.63, 3.8) is 0 Å². The largest absolute Gasteiger partial charge is 0.345 e. The Morgan fingerprint density at radius 2 is 2.08 bits per heavy atom. The number of aryl methyl sites for hydroxylation is 2. The maximum absolute atomic E-state index is 12.9. The molecular formula is C21H23N3O2. The lowest BCUT2D eigenvalue weighted by Crippen LogP contribution is -2.32. The lowest BCUT2D eigenvalue weighted by molar-refractivity contribution is 0.0932. The van der Waals surface area contributed by atoms with Crippen molar-refractivity contribution < 1.29 is 9.59 Å². The van der Waals surface area contributed by atoms with Gasteiger partial charge in [-0.05, 0) is 55.0 Å². The maximum atomic E-state index is 12.9. The third-order valence-corrected chi connectivity index (χ3v) is 5.29. The lowest BCUT2D eigenvalue weighted by Gasteiger charge is -2.26. The van der Waals surface area contributed by atoms with Crippen molar-refractivity contribution >= 4 is 17.6 Å². The summed E-state index contributed by atoms with van der Waals surface area (Å²) < 4.78 is 0. The quantitative estimate of drug-likeness (QED) is 0.893. The fraction of sp³-hybridized carbons (Fsp3) is 0.333. The first-order valence-electron chi connectivity index (χ1n) is 9.18. The Bertz CT molecular complexity index is 862. The van der Waals surface area contributed by atoms with Gasteiger partial charge in [0, 0.05) is 24.3 Å². The molecule has 1 unspecified atom stereocenters. The normalized spacial score (nSPS) is 19.0. The molecule has 0 radical (unpaired) electrons. The van der Waals surface area contributed by atoms with E-state index in [-0.39, 0.29) is 18.0 Å². The zero-order chi connectivity index (χ0) is 18.1. The number of rotatable bonds is 3. The molecular weight excluding hydrogens is 326 g/mol. The Morgan fingerprint density at radius 3 is 2.88 bits per heavy atom. The Morgan fingerprint density at radius 1 is 1.23 bits per heavy atom. The van der Waals surface area contributed by atoms with E-state index in [1.807, 2.05) is 31.2 Å². The van der Waals surface area contributed by atoms with E-state index in [1.165, 1.54) is 11.1 Å². The average Bonchev–Trinajstić information content (AvgIpc) is 3.08. The second-order valence-corrected chi connectivity index (χ2v) is 7.00. The highest BCUT2D eigenvalue weighted by molar-refractivity contribution is 5.99. The highest BCUT2D eigenvalue weighted by atomic mass is 16.2. The summed E-state index contributed by atoms with van der Waals surface area (Å²) in [6.07, 6.45) is 3.10. The molecule has 0 spiro atoms. The maximum Gasteiger partial charge on any atom is 0.322 e. The number of nitrogens with one attached hydrogen (secondary N) is 2. The van der Waals surface area contributed by atoms with Crippen LogP contribution in [-0.2, 0) is 6.42 Å². The fourth-order valence-corrected chi connectivity index (χ4v) is 3.89. The SMILES string of the molecule is Cc1ccc(C(=O)NC2CCCc3ccccc32)cc1N1CCNC1=O. The van der Waals surface area contributed by atoms with E-state index < -0.39 is 0 Å². The van der Waals surface area contributed by atoms with Gasteiger partial charge in [0.1, 0.15) is 0 Å². The van der Waals surface area contributed by atoms with Crippen molar-refractivity contribution in [2.45, 2.75) is 32.2 Å². The minimum atomic E-state index is -0.105. The summed E-state index contributed by atoms with van der Waals surface area (Å²) in [4.78, 5) is 26.5. The number of benzene rings is 2. The van der Waals surface area contributed by atoms with Gasteiger partial charge in [-0.2, -0.15) is 0 Å². The number of carbonyl (C=O) groups excluding carboxylic acids is 2. The molecule has 2 aromatic rings. The van der Waals surface area contributed by atoms with E-state index in [9.17, 15) is 9.59 Å². The fourth-order valence-electron chi connectivity index (χ4n) is 3.89. The van der Waals surface area contributed by atoms with Crippen molar-refractivity contribution in [2.24, 2.45) is 0 Å². The summed E-state index contributed by atoms with van der Waals surface area (Å²) in [6, 6.07) is 13.8. The molecule has 2 aliphatic rings. The van der Waals surface area contributed by atoms with Gasteiger partial charge in [0.2, 0.25) is 0 Å². The first kappa shape index (κ1) is 16.6. The number of amides is 3. The van der Waals surface area contributed by atoms with E-state index in [2.05, 4.69) is 28.8 Å². The van der Waals surface area contributed by atoms with Crippen LogP contribution in [0.5, 0.6) is 0 Å². The first-order chi connectivity index (χ1) is 12.6. The monoisotopic (exact) mass is 349 g/mol. The number of hydrogen-bond donors (Lipinski definition) is 2. The molecule has 1 aliphatic carbocycles. The summed E-state index contributed by atoms with van der Waals surface area (Å²) in [6.45, 7) is 3.22. The number of nitrogens with zero attached hydrogens (tertiary/aromatic N) is 1. The van der Waals surface area contributed by atoms with Crippen LogP contribution in [0.4, 0.5) is 10.5 Å². The topological polar surface area (TPSA) is 61.4 Å². The van der Waals surface area contributed by atoms with Gasteiger partial charge in [-0.25, -0.2) is 4.79 Å². The molecule has 1 aliphatic heterocycles. The lowest BCUT2D eigenvalue weighted by atomic mass is 9.87. The number of anilines is 1. The Hall–Kier alpha value is -2.82. The van der Waals surface area contributed by atoms with Crippen molar-refractivity contribution in [1.82, 2.24) is 10.6 Å². The molecule has 2 N–H and O–H groups in total. The highest BCUT2D eigenvalue weighted by Crippen LogP contribution is 2.30. The van der Waals surface area contributed by atoms with Crippen LogP contribution in [0.25, 0.3) is 0 Å². The van der Waals surface area contributed by atoms with Gasteiger partial charge in [-0.15, -0.1) is 0 Å². The second-order valence-electron chi connectivity index (χ2n) is 7.00. The zero-order valence-electron chi connectivity index (χ0n) is 14.9. The van der Waals surface area contributed by atoms with Gasteiger partial charge >= 0.3 is 6.03 Å². The molecule has 1 fully saturated rings. The van der Waals surface area contributed by atoms with Crippen LogP contribution in [0.15, 0.2) is 42.5 Å². The molecule has 2 aromatic carbocycles. The molecule has 0 bridgehead atoms. The summed E-state index contributed by atoms with van der Waals surface area (Å²) >= 11 is 0. The second kappa shape index (κ2) is 6.83. The van der Waals surface area contributed by atoms with E-state index in [1.54, 1.807) is 4.90 Å². The molecule has 4 rings (SSSR count). The van der Waals surface area contributed by atoms with Gasteiger partial charge in [-0.3, -0.25) is 9.69 Å². The third kappa shape index (κ3) is 3.05. The Labute approximate surface area is 153 Å². The molecule has 1 atom stereocenters. The van der Waals surface area contributed by atoms with Crippen LogP contribution >= 0.6 is 0 Å². The van der Waals surface area contributed by atoms with Gasteiger partial charge in [0.25, 0.3) is 5.91 Å². The predicted molar refractivity (Wildman–Crippen MR) is 102 cm³/mol. The van der Waals surface area contributed by atoms with E-state index in [0.717, 1.165) is 30.5 Å². The first-order valence-corrected chi connectivity index (χ1v) is 9.18. The third-order valence-electron chi connectivity index (χ3n) is 5.29. The molecule has 5 nitrogen and oxygen atoms in total. The van der Waals surface area contributed by atoms with Crippen LogP contribution in [0.3, 0.4) is 0 Å². The van der Waals surface area contributed by atoms with E-state index >= 15 is 0 Å². The standard InChI is InChI=1S/C21H23N3O2/c1-14-9-10-16(13-19(14)24-12-11-22-21(24)26)20(25)23-18-8-4-6-15-5-2-3-7-17(15)18/h2-3,5,7,9-10,13,18H,4,6,8,11-12H2,1H3,(H,22,26)(H,23,25). The van der Waals surface area contributed by atoms with Crippen molar-refractivity contribution in [2.75, 3.05) is 18.0 Å². The summed E-state index contributed by atoms with van der Waals surface area (Å²) in [5, 5.41) is 5.99. The van der Waals surface area contributed by atoms with E-state index in [4.69, 9.17) is 0 Å². The molecule has 1 heterocycles. The van der Waals surface area contributed by atoms with Crippen molar-refractivity contribution in [1.29, 1.82) is 0 Å². The summed E-state index contributed by atoms with van der Waals surface area (Å²) in [5.74, 6) is -0.0902. The average molecular weight is 349 g/mol. The minimum absolute atomic E-state index is 0.0484. The molecule has 1 saturated heterocycles. The molecule has 3 amide bonds.